The Morgan fingerprint density at radius 3 is 2.75 bits per heavy atom. The molecule has 0 N–H and O–H groups in total. The lowest BCUT2D eigenvalue weighted by molar-refractivity contribution is -0.119. The van der Waals surface area contributed by atoms with Crippen LogP contribution in [0, 0.1) is 11.8 Å². The van der Waals surface area contributed by atoms with E-state index < -0.39 is 0 Å². The van der Waals surface area contributed by atoms with E-state index in [-0.39, 0.29) is 11.7 Å². The van der Waals surface area contributed by atoms with Gasteiger partial charge in [0.05, 0.1) is 5.92 Å². The van der Waals surface area contributed by atoms with Gasteiger partial charge >= 0.3 is 0 Å². The Labute approximate surface area is 98.9 Å². The van der Waals surface area contributed by atoms with Crippen LogP contribution >= 0.6 is 0 Å². The summed E-state index contributed by atoms with van der Waals surface area (Å²) in [5.41, 5.74) is 2.00. The lowest BCUT2D eigenvalue weighted by Crippen LogP contribution is -2.15. The van der Waals surface area contributed by atoms with E-state index in [0.717, 1.165) is 24.0 Å². The van der Waals surface area contributed by atoms with Crippen LogP contribution in [0.1, 0.15) is 39.5 Å². The maximum atomic E-state index is 12.0. The molecule has 2 atom stereocenters. The summed E-state index contributed by atoms with van der Waals surface area (Å²) >= 11 is 0. The van der Waals surface area contributed by atoms with E-state index >= 15 is 0 Å². The number of carbonyl (C=O) groups is 1. The van der Waals surface area contributed by atoms with E-state index in [9.17, 15) is 4.79 Å². The van der Waals surface area contributed by atoms with Crippen molar-refractivity contribution in [3.05, 3.63) is 36.5 Å². The van der Waals surface area contributed by atoms with Crippen LogP contribution < -0.4 is 0 Å². The third-order valence-electron chi connectivity index (χ3n) is 3.12. The molecule has 1 aliphatic rings. The predicted molar refractivity (Wildman–Crippen MR) is 69.2 cm³/mol. The van der Waals surface area contributed by atoms with Gasteiger partial charge in [0.1, 0.15) is 5.78 Å². The molecule has 2 unspecified atom stereocenters. The average molecular weight is 218 g/mol. The van der Waals surface area contributed by atoms with Gasteiger partial charge in [0.2, 0.25) is 0 Å². The standard InChI is InChI=1S/C15H22O/c1-11(2)14-9-8-12(3)6-5-7-13(4)10-15(14)16/h8-9,12,14H,1,4-7,10H2,2-3H3/b9-8-. The molecule has 16 heavy (non-hydrogen) atoms. The molecule has 1 aliphatic carbocycles. The number of Topliss-reactive ketones (excluding diaryl/α,β-unsaturated/α-hetero) is 1. The zero-order valence-electron chi connectivity index (χ0n) is 10.5. The molecule has 88 valence electrons. The van der Waals surface area contributed by atoms with Crippen LogP contribution in [-0.4, -0.2) is 5.78 Å². The molecule has 0 heterocycles. The zero-order valence-corrected chi connectivity index (χ0v) is 10.5. The first kappa shape index (κ1) is 13.0. The summed E-state index contributed by atoms with van der Waals surface area (Å²) < 4.78 is 0. The number of carbonyl (C=O) groups excluding carboxylic acids is 1. The quantitative estimate of drug-likeness (QED) is 0.606. The summed E-state index contributed by atoms with van der Waals surface area (Å²) in [6.07, 6.45) is 7.98. The van der Waals surface area contributed by atoms with Crippen LogP contribution in [-0.2, 0) is 4.79 Å². The fraction of sp³-hybridized carbons (Fsp3) is 0.533. The van der Waals surface area contributed by atoms with Crippen LogP contribution in [0.2, 0.25) is 0 Å². The van der Waals surface area contributed by atoms with Crippen molar-refractivity contribution in [1.82, 2.24) is 0 Å². The van der Waals surface area contributed by atoms with Crippen molar-refractivity contribution < 1.29 is 4.79 Å². The van der Waals surface area contributed by atoms with E-state index in [2.05, 4.69) is 26.2 Å². The first-order valence-corrected chi connectivity index (χ1v) is 6.03. The van der Waals surface area contributed by atoms with Gasteiger partial charge in [-0.1, -0.05) is 43.4 Å². The maximum absolute atomic E-state index is 12.0. The topological polar surface area (TPSA) is 17.1 Å². The van der Waals surface area contributed by atoms with Crippen LogP contribution in [0.25, 0.3) is 0 Å². The van der Waals surface area contributed by atoms with Crippen molar-refractivity contribution in [3.63, 3.8) is 0 Å². The van der Waals surface area contributed by atoms with Gasteiger partial charge in [0.15, 0.2) is 0 Å². The second-order valence-electron chi connectivity index (χ2n) is 4.97. The third kappa shape index (κ3) is 3.80. The molecule has 1 rings (SSSR count). The SMILES string of the molecule is C=C1CCCC(C)/C=C\C(C(=C)C)C(=O)C1. The fourth-order valence-corrected chi connectivity index (χ4v) is 2.06. The molecule has 0 bridgehead atoms. The molecule has 0 amide bonds. The van der Waals surface area contributed by atoms with E-state index in [4.69, 9.17) is 0 Å². The Hall–Kier alpha value is -1.11. The highest BCUT2D eigenvalue weighted by atomic mass is 16.1. The van der Waals surface area contributed by atoms with Crippen molar-refractivity contribution in [2.45, 2.75) is 39.5 Å². The van der Waals surface area contributed by atoms with Gasteiger partial charge < -0.3 is 0 Å². The summed E-state index contributed by atoms with van der Waals surface area (Å²) in [6.45, 7) is 12.0. The molecule has 0 aromatic heterocycles. The highest BCUT2D eigenvalue weighted by Crippen LogP contribution is 2.23. The first-order valence-electron chi connectivity index (χ1n) is 6.03. The fourth-order valence-electron chi connectivity index (χ4n) is 2.06. The van der Waals surface area contributed by atoms with Crippen molar-refractivity contribution in [2.24, 2.45) is 11.8 Å². The summed E-state index contributed by atoms with van der Waals surface area (Å²) in [7, 11) is 0. The lowest BCUT2D eigenvalue weighted by Gasteiger charge is -2.16. The number of rotatable bonds is 1. The lowest BCUT2D eigenvalue weighted by atomic mass is 9.88. The highest BCUT2D eigenvalue weighted by Gasteiger charge is 2.18. The minimum absolute atomic E-state index is 0.114. The van der Waals surface area contributed by atoms with Crippen LogP contribution in [0.5, 0.6) is 0 Å². The van der Waals surface area contributed by atoms with Crippen LogP contribution in [0.15, 0.2) is 36.5 Å². The largest absolute Gasteiger partial charge is 0.298 e. The highest BCUT2D eigenvalue weighted by molar-refractivity contribution is 5.87. The van der Waals surface area contributed by atoms with Gasteiger partial charge in [-0.25, -0.2) is 0 Å². The first-order chi connectivity index (χ1) is 7.50. The second-order valence-corrected chi connectivity index (χ2v) is 4.97. The van der Waals surface area contributed by atoms with Crippen molar-refractivity contribution in [1.29, 1.82) is 0 Å². The molecular formula is C15H22O. The maximum Gasteiger partial charge on any atom is 0.147 e. The Balaban J connectivity index is 2.86. The Morgan fingerprint density at radius 2 is 2.12 bits per heavy atom. The normalized spacial score (nSPS) is 29.9. The molecule has 0 aromatic carbocycles. The van der Waals surface area contributed by atoms with Gasteiger partial charge in [0, 0.05) is 6.42 Å². The predicted octanol–water partition coefficient (Wildman–Crippen LogP) is 4.07. The van der Waals surface area contributed by atoms with Gasteiger partial charge in [-0.15, -0.1) is 0 Å². The Kier molecular flexibility index (Phi) is 4.72. The summed E-state index contributed by atoms with van der Waals surface area (Å²) in [5, 5.41) is 0. The van der Waals surface area contributed by atoms with Gasteiger partial charge in [-0.05, 0) is 32.1 Å². The molecule has 0 spiro atoms. The van der Waals surface area contributed by atoms with E-state index in [1.165, 1.54) is 6.42 Å². The minimum atomic E-state index is -0.114. The molecule has 0 radical (unpaired) electrons. The van der Waals surface area contributed by atoms with Crippen LogP contribution in [0.3, 0.4) is 0 Å². The van der Waals surface area contributed by atoms with Crippen LogP contribution in [0.4, 0.5) is 0 Å². The third-order valence-corrected chi connectivity index (χ3v) is 3.12. The minimum Gasteiger partial charge on any atom is -0.298 e. The smallest absolute Gasteiger partial charge is 0.147 e. The second kappa shape index (κ2) is 5.83. The summed E-state index contributed by atoms with van der Waals surface area (Å²) in [5.74, 6) is 0.667. The van der Waals surface area contributed by atoms with Gasteiger partial charge in [-0.2, -0.15) is 0 Å². The molecule has 0 saturated heterocycles. The zero-order chi connectivity index (χ0) is 12.1. The van der Waals surface area contributed by atoms with Crippen molar-refractivity contribution in [2.75, 3.05) is 0 Å². The molecule has 0 aliphatic heterocycles. The van der Waals surface area contributed by atoms with E-state index in [0.29, 0.717) is 12.3 Å². The Bertz CT molecular complexity index is 322. The van der Waals surface area contributed by atoms with Crippen molar-refractivity contribution in [3.8, 4) is 0 Å². The monoisotopic (exact) mass is 218 g/mol. The average Bonchev–Trinajstić information content (AvgIpc) is 2.16. The summed E-state index contributed by atoms with van der Waals surface area (Å²) in [6, 6.07) is 0. The van der Waals surface area contributed by atoms with E-state index in [1.807, 2.05) is 13.0 Å². The molecule has 1 nitrogen and oxygen atoms in total. The molecule has 0 saturated carbocycles. The number of hydrogen-bond donors (Lipinski definition) is 0. The van der Waals surface area contributed by atoms with Gasteiger partial charge in [0.25, 0.3) is 0 Å². The Morgan fingerprint density at radius 1 is 1.44 bits per heavy atom. The molecule has 0 fully saturated rings. The van der Waals surface area contributed by atoms with E-state index in [1.54, 1.807) is 0 Å². The molecule has 1 heteroatoms. The summed E-state index contributed by atoms with van der Waals surface area (Å²) in [4.78, 5) is 12.0. The molecular weight excluding hydrogens is 196 g/mol. The number of ketones is 1. The van der Waals surface area contributed by atoms with Crippen molar-refractivity contribution >= 4 is 5.78 Å². The number of hydrogen-bond acceptors (Lipinski definition) is 1. The molecule has 0 aromatic rings. The van der Waals surface area contributed by atoms with Gasteiger partial charge in [-0.3, -0.25) is 4.79 Å². The number of allylic oxidation sites excluding steroid dienone is 4.